The lowest BCUT2D eigenvalue weighted by atomic mass is 10.2. The molecular formula is C19H22N2O5S. The Labute approximate surface area is 158 Å². The molecule has 0 aliphatic carbocycles. The van der Waals surface area contributed by atoms with Crippen molar-refractivity contribution in [2.75, 3.05) is 31.7 Å². The molecule has 27 heavy (non-hydrogen) atoms. The fourth-order valence-electron chi connectivity index (χ4n) is 2.88. The molecule has 8 heteroatoms. The predicted octanol–water partition coefficient (Wildman–Crippen LogP) is 1.71. The molecule has 1 atom stereocenters. The molecule has 0 saturated carbocycles. The summed E-state index contributed by atoms with van der Waals surface area (Å²) in [5.74, 6) is 0.124. The van der Waals surface area contributed by atoms with Crippen LogP contribution in [0.1, 0.15) is 5.56 Å². The molecule has 1 aliphatic rings. The zero-order valence-corrected chi connectivity index (χ0v) is 16.0. The van der Waals surface area contributed by atoms with Gasteiger partial charge in [-0.05, 0) is 36.8 Å². The first-order chi connectivity index (χ1) is 12.9. The topological polar surface area (TPSA) is 84.9 Å². The highest BCUT2D eigenvalue weighted by molar-refractivity contribution is 7.89. The van der Waals surface area contributed by atoms with Crippen LogP contribution in [0.4, 0.5) is 5.69 Å². The molecule has 0 radical (unpaired) electrons. The van der Waals surface area contributed by atoms with Crippen molar-refractivity contribution in [3.05, 3.63) is 54.1 Å². The van der Waals surface area contributed by atoms with E-state index in [2.05, 4.69) is 4.72 Å². The number of hydrogen-bond acceptors (Lipinski definition) is 5. The molecule has 0 spiro atoms. The van der Waals surface area contributed by atoms with Crippen LogP contribution in [0.15, 0.2) is 53.4 Å². The number of carbonyl (C=O) groups is 1. The van der Waals surface area contributed by atoms with Crippen LogP contribution in [0, 0.1) is 6.92 Å². The highest BCUT2D eigenvalue weighted by Gasteiger charge is 2.29. The highest BCUT2D eigenvalue weighted by atomic mass is 32.2. The summed E-state index contributed by atoms with van der Waals surface area (Å²) in [5.41, 5.74) is 1.57. The van der Waals surface area contributed by atoms with E-state index in [4.69, 9.17) is 9.47 Å². The smallest absolute Gasteiger partial charge is 0.253 e. The summed E-state index contributed by atoms with van der Waals surface area (Å²) < 4.78 is 38.6. The van der Waals surface area contributed by atoms with Gasteiger partial charge < -0.3 is 14.4 Å². The lowest BCUT2D eigenvalue weighted by Gasteiger charge is -2.32. The van der Waals surface area contributed by atoms with Gasteiger partial charge in [0.05, 0.1) is 19.8 Å². The molecule has 1 heterocycles. The molecule has 1 unspecified atom stereocenters. The number of para-hydroxylation sites is 1. The zero-order chi connectivity index (χ0) is 19.4. The second-order valence-electron chi connectivity index (χ2n) is 6.28. The maximum atomic E-state index is 12.7. The first-order valence-electron chi connectivity index (χ1n) is 8.52. The third kappa shape index (κ3) is 4.47. The quantitative estimate of drug-likeness (QED) is 0.812. The first-order valence-corrected chi connectivity index (χ1v) is 10.0. The van der Waals surface area contributed by atoms with Gasteiger partial charge >= 0.3 is 0 Å². The Bertz CT molecular complexity index is 915. The fraction of sp³-hybridized carbons (Fsp3) is 0.316. The van der Waals surface area contributed by atoms with Gasteiger partial charge in [0.15, 0.2) is 0 Å². The van der Waals surface area contributed by atoms with Crippen LogP contribution < -0.4 is 14.4 Å². The molecule has 1 fully saturated rings. The average molecular weight is 390 g/mol. The largest absolute Gasteiger partial charge is 0.495 e. The Morgan fingerprint density at radius 2 is 1.96 bits per heavy atom. The van der Waals surface area contributed by atoms with Crippen molar-refractivity contribution in [3.8, 4) is 5.75 Å². The number of nitrogens with one attached hydrogen (secondary N) is 1. The number of rotatable bonds is 6. The summed E-state index contributed by atoms with van der Waals surface area (Å²) in [4.78, 5) is 13.8. The van der Waals surface area contributed by atoms with E-state index in [0.29, 0.717) is 0 Å². The Kier molecular flexibility index (Phi) is 5.79. The molecular weight excluding hydrogens is 368 g/mol. The number of ether oxygens (including phenoxy) is 2. The lowest BCUT2D eigenvalue weighted by molar-refractivity contribution is -0.129. The number of hydrogen-bond donors (Lipinski definition) is 1. The third-order valence-electron chi connectivity index (χ3n) is 4.31. The van der Waals surface area contributed by atoms with Crippen LogP contribution >= 0.6 is 0 Å². The molecule has 0 bridgehead atoms. The minimum Gasteiger partial charge on any atom is -0.495 e. The zero-order valence-electron chi connectivity index (χ0n) is 15.2. The van der Waals surface area contributed by atoms with Gasteiger partial charge in [-0.1, -0.05) is 24.3 Å². The second-order valence-corrected chi connectivity index (χ2v) is 8.01. The monoisotopic (exact) mass is 390 g/mol. The fourth-order valence-corrected chi connectivity index (χ4v) is 4.20. The molecule has 3 rings (SSSR count). The van der Waals surface area contributed by atoms with Crippen molar-refractivity contribution in [2.24, 2.45) is 0 Å². The molecule has 144 valence electrons. The molecule has 1 amide bonds. The minimum atomic E-state index is -3.78. The van der Waals surface area contributed by atoms with Crippen LogP contribution in [0.25, 0.3) is 0 Å². The molecule has 0 aromatic heterocycles. The average Bonchev–Trinajstić information content (AvgIpc) is 2.68. The Balaban J connectivity index is 1.71. The number of carbonyl (C=O) groups excluding carboxylic acids is 1. The molecule has 2 aromatic rings. The Hall–Kier alpha value is -2.42. The number of sulfonamides is 1. The van der Waals surface area contributed by atoms with Crippen molar-refractivity contribution in [1.82, 2.24) is 4.72 Å². The van der Waals surface area contributed by atoms with E-state index in [-0.39, 0.29) is 36.2 Å². The maximum absolute atomic E-state index is 12.7. The summed E-state index contributed by atoms with van der Waals surface area (Å²) in [6.45, 7) is 2.05. The first kappa shape index (κ1) is 19.3. The van der Waals surface area contributed by atoms with E-state index >= 15 is 0 Å². The van der Waals surface area contributed by atoms with E-state index < -0.39 is 16.1 Å². The highest BCUT2D eigenvalue weighted by Crippen LogP contribution is 2.25. The van der Waals surface area contributed by atoms with E-state index in [1.54, 1.807) is 23.1 Å². The summed E-state index contributed by atoms with van der Waals surface area (Å²) in [6, 6.07) is 14.2. The maximum Gasteiger partial charge on any atom is 0.253 e. The van der Waals surface area contributed by atoms with Crippen molar-refractivity contribution >= 4 is 21.6 Å². The van der Waals surface area contributed by atoms with Gasteiger partial charge in [-0.15, -0.1) is 0 Å². The molecule has 2 aromatic carbocycles. The minimum absolute atomic E-state index is 0.0516. The number of nitrogens with zero attached hydrogens (tertiary/aromatic N) is 1. The van der Waals surface area contributed by atoms with Crippen molar-refractivity contribution in [2.45, 2.75) is 17.9 Å². The summed E-state index contributed by atoms with van der Waals surface area (Å²) >= 11 is 0. The SMILES string of the molecule is COc1ccc(C)cc1S(=O)(=O)NCC1CN(c2ccccc2)C(=O)CO1. The Morgan fingerprint density at radius 1 is 1.22 bits per heavy atom. The molecule has 7 nitrogen and oxygen atoms in total. The van der Waals surface area contributed by atoms with Gasteiger partial charge in [0, 0.05) is 12.2 Å². The lowest BCUT2D eigenvalue weighted by Crippen LogP contribution is -2.50. The summed E-state index contributed by atoms with van der Waals surface area (Å²) in [6.07, 6.45) is -0.450. The van der Waals surface area contributed by atoms with Crippen LogP contribution in [-0.2, 0) is 19.6 Å². The summed E-state index contributed by atoms with van der Waals surface area (Å²) in [7, 11) is -2.35. The van der Waals surface area contributed by atoms with Crippen molar-refractivity contribution < 1.29 is 22.7 Å². The number of morpholine rings is 1. The number of aryl methyl sites for hydroxylation is 1. The van der Waals surface area contributed by atoms with E-state index in [1.165, 1.54) is 7.11 Å². The molecule has 1 N–H and O–H groups in total. The standard InChI is InChI=1S/C19H22N2O5S/c1-14-8-9-17(25-2)18(10-14)27(23,24)20-11-16-12-21(19(22)13-26-16)15-6-4-3-5-7-15/h3-10,16,20H,11-13H2,1-2H3. The molecule has 1 saturated heterocycles. The number of benzene rings is 2. The van der Waals surface area contributed by atoms with Gasteiger partial charge in [-0.2, -0.15) is 0 Å². The molecule has 1 aliphatic heterocycles. The van der Waals surface area contributed by atoms with Crippen LogP contribution in [-0.4, -0.2) is 47.2 Å². The van der Waals surface area contributed by atoms with Crippen LogP contribution in [0.2, 0.25) is 0 Å². The van der Waals surface area contributed by atoms with Gasteiger partial charge in [0.1, 0.15) is 17.3 Å². The van der Waals surface area contributed by atoms with Crippen LogP contribution in [0.5, 0.6) is 5.75 Å². The van der Waals surface area contributed by atoms with Gasteiger partial charge in [0.2, 0.25) is 10.0 Å². The van der Waals surface area contributed by atoms with Crippen molar-refractivity contribution in [3.63, 3.8) is 0 Å². The van der Waals surface area contributed by atoms with E-state index in [0.717, 1.165) is 11.3 Å². The normalized spacial score (nSPS) is 17.8. The van der Waals surface area contributed by atoms with Gasteiger partial charge in [0.25, 0.3) is 5.91 Å². The van der Waals surface area contributed by atoms with Gasteiger partial charge in [-0.3, -0.25) is 4.79 Å². The third-order valence-corrected chi connectivity index (χ3v) is 5.75. The Morgan fingerprint density at radius 3 is 2.67 bits per heavy atom. The van der Waals surface area contributed by atoms with Crippen molar-refractivity contribution in [1.29, 1.82) is 0 Å². The number of methoxy groups -OCH3 is 1. The predicted molar refractivity (Wildman–Crippen MR) is 101 cm³/mol. The van der Waals surface area contributed by atoms with E-state index in [1.807, 2.05) is 37.3 Å². The summed E-state index contributed by atoms with van der Waals surface area (Å²) in [5, 5.41) is 0. The second kappa shape index (κ2) is 8.08. The van der Waals surface area contributed by atoms with Gasteiger partial charge in [-0.25, -0.2) is 13.1 Å². The number of anilines is 1. The number of amides is 1. The van der Waals surface area contributed by atoms with Crippen LogP contribution in [0.3, 0.4) is 0 Å². The van der Waals surface area contributed by atoms with E-state index in [9.17, 15) is 13.2 Å².